The predicted molar refractivity (Wildman–Crippen MR) is 81.4 cm³/mol. The number of hydrogen-bond donors (Lipinski definition) is 0. The molecule has 0 aliphatic heterocycles. The van der Waals surface area contributed by atoms with Gasteiger partial charge in [-0.3, -0.25) is 4.79 Å². The number of halogens is 2. The first-order valence-corrected chi connectivity index (χ1v) is 7.45. The van der Waals surface area contributed by atoms with Gasteiger partial charge in [-0.2, -0.15) is 0 Å². The second-order valence-electron chi connectivity index (χ2n) is 3.92. The first-order valence-electron chi connectivity index (χ1n) is 5.87. The van der Waals surface area contributed by atoms with Crippen molar-refractivity contribution in [2.75, 3.05) is 6.61 Å². The third-order valence-electron chi connectivity index (χ3n) is 2.46. The molecule has 0 aromatic heterocycles. The lowest BCUT2D eigenvalue weighted by Gasteiger charge is -2.10. The summed E-state index contributed by atoms with van der Waals surface area (Å²) in [6.07, 6.45) is 7.11. The van der Waals surface area contributed by atoms with Crippen LogP contribution in [0.3, 0.4) is 0 Å². The molecule has 0 heterocycles. The molecule has 0 saturated heterocycles. The predicted octanol–water partition coefficient (Wildman–Crippen LogP) is 5.15. The molecule has 4 heteroatoms. The number of carbonyl (C=O) groups is 1. The van der Waals surface area contributed by atoms with Crippen molar-refractivity contribution in [3.63, 3.8) is 0 Å². The summed E-state index contributed by atoms with van der Waals surface area (Å²) in [5, 5.41) is 0. The lowest BCUT2D eigenvalue weighted by molar-refractivity contribution is 0.112. The zero-order valence-electron chi connectivity index (χ0n) is 10.1. The summed E-state index contributed by atoms with van der Waals surface area (Å²) in [7, 11) is 0. The average molecular weight is 376 g/mol. The Morgan fingerprint density at radius 3 is 2.39 bits per heavy atom. The van der Waals surface area contributed by atoms with Gasteiger partial charge in [-0.25, -0.2) is 0 Å². The van der Waals surface area contributed by atoms with E-state index in [1.54, 1.807) is 12.1 Å². The van der Waals surface area contributed by atoms with Gasteiger partial charge in [-0.05, 0) is 69.7 Å². The molecule has 0 fully saturated rings. The normalized spacial score (nSPS) is 10.1. The molecule has 1 rings (SSSR count). The van der Waals surface area contributed by atoms with Gasteiger partial charge in [-0.15, -0.1) is 6.58 Å². The fraction of sp³-hybridized carbons (Fsp3) is 0.357. The third-order valence-corrected chi connectivity index (χ3v) is 3.63. The molecule has 0 atom stereocenters. The molecular formula is C14H16Br2O2. The number of unbranched alkanes of at least 4 members (excludes halogenated alkanes) is 3. The Balaban J connectivity index is 2.47. The quantitative estimate of drug-likeness (QED) is 0.356. The van der Waals surface area contributed by atoms with Gasteiger partial charge in [0.05, 0.1) is 15.6 Å². The summed E-state index contributed by atoms with van der Waals surface area (Å²) in [5.41, 5.74) is 0.618. The van der Waals surface area contributed by atoms with Crippen LogP contribution in [-0.2, 0) is 0 Å². The van der Waals surface area contributed by atoms with Gasteiger partial charge in [-0.1, -0.05) is 6.08 Å². The number of ether oxygens (including phenoxy) is 1. The minimum atomic E-state index is 0.618. The highest BCUT2D eigenvalue weighted by atomic mass is 79.9. The summed E-state index contributed by atoms with van der Waals surface area (Å²) in [6.45, 7) is 4.37. The van der Waals surface area contributed by atoms with Crippen LogP contribution in [0.1, 0.15) is 36.0 Å². The maximum atomic E-state index is 10.7. The zero-order valence-corrected chi connectivity index (χ0v) is 13.3. The molecule has 18 heavy (non-hydrogen) atoms. The van der Waals surface area contributed by atoms with Gasteiger partial charge >= 0.3 is 0 Å². The zero-order chi connectivity index (χ0) is 13.4. The van der Waals surface area contributed by atoms with Crippen molar-refractivity contribution in [2.45, 2.75) is 25.7 Å². The van der Waals surface area contributed by atoms with Gasteiger partial charge in [0.25, 0.3) is 0 Å². The smallest absolute Gasteiger partial charge is 0.150 e. The lowest BCUT2D eigenvalue weighted by Crippen LogP contribution is -1.99. The van der Waals surface area contributed by atoms with Crippen LogP contribution in [-0.4, -0.2) is 12.9 Å². The van der Waals surface area contributed by atoms with Crippen molar-refractivity contribution >= 4 is 38.1 Å². The second kappa shape index (κ2) is 8.48. The van der Waals surface area contributed by atoms with Gasteiger partial charge < -0.3 is 4.74 Å². The maximum Gasteiger partial charge on any atom is 0.150 e. The van der Waals surface area contributed by atoms with Crippen LogP contribution in [0.4, 0.5) is 0 Å². The van der Waals surface area contributed by atoms with E-state index >= 15 is 0 Å². The van der Waals surface area contributed by atoms with Gasteiger partial charge in [0.1, 0.15) is 12.0 Å². The maximum absolute atomic E-state index is 10.7. The van der Waals surface area contributed by atoms with Gasteiger partial charge in [0, 0.05) is 5.56 Å². The van der Waals surface area contributed by atoms with Crippen LogP contribution >= 0.6 is 31.9 Å². The van der Waals surface area contributed by atoms with E-state index in [4.69, 9.17) is 4.74 Å². The minimum absolute atomic E-state index is 0.618. The van der Waals surface area contributed by atoms with Crippen LogP contribution < -0.4 is 4.74 Å². The van der Waals surface area contributed by atoms with E-state index in [0.29, 0.717) is 12.2 Å². The number of allylic oxidation sites excluding steroid dienone is 1. The van der Waals surface area contributed by atoms with Crippen molar-refractivity contribution in [1.82, 2.24) is 0 Å². The largest absolute Gasteiger partial charge is 0.491 e. The number of aldehydes is 1. The molecular weight excluding hydrogens is 360 g/mol. The van der Waals surface area contributed by atoms with Gasteiger partial charge in [0.15, 0.2) is 0 Å². The molecule has 0 N–H and O–H groups in total. The minimum Gasteiger partial charge on any atom is -0.491 e. The summed E-state index contributed by atoms with van der Waals surface area (Å²) >= 11 is 6.81. The molecule has 1 aromatic rings. The summed E-state index contributed by atoms with van der Waals surface area (Å²) < 4.78 is 7.30. The molecule has 1 aromatic carbocycles. The molecule has 0 radical (unpaired) electrons. The van der Waals surface area contributed by atoms with Crippen LogP contribution in [0.2, 0.25) is 0 Å². The molecule has 0 saturated carbocycles. The van der Waals surface area contributed by atoms with E-state index < -0.39 is 0 Å². The topological polar surface area (TPSA) is 26.3 Å². The number of carbonyl (C=O) groups excluding carboxylic acids is 1. The monoisotopic (exact) mass is 374 g/mol. The molecule has 0 spiro atoms. The number of rotatable bonds is 8. The van der Waals surface area contributed by atoms with Crippen molar-refractivity contribution in [2.24, 2.45) is 0 Å². The van der Waals surface area contributed by atoms with Crippen LogP contribution in [0.5, 0.6) is 5.75 Å². The highest BCUT2D eigenvalue weighted by Crippen LogP contribution is 2.34. The van der Waals surface area contributed by atoms with Crippen molar-refractivity contribution < 1.29 is 9.53 Å². The van der Waals surface area contributed by atoms with Gasteiger partial charge in [0.2, 0.25) is 0 Å². The summed E-state index contributed by atoms with van der Waals surface area (Å²) in [5.74, 6) is 0.754. The van der Waals surface area contributed by atoms with E-state index in [0.717, 1.165) is 46.7 Å². The Hall–Kier alpha value is -0.610. The Kier molecular flexibility index (Phi) is 7.28. The van der Waals surface area contributed by atoms with E-state index in [1.165, 1.54) is 0 Å². The standard InChI is InChI=1S/C14H16Br2O2/c1-2-3-4-5-6-7-18-14-12(15)8-11(10-17)9-13(14)16/h2,8-10H,1,3-7H2. The molecule has 98 valence electrons. The van der Waals surface area contributed by atoms with Crippen LogP contribution in [0.15, 0.2) is 33.7 Å². The van der Waals surface area contributed by atoms with E-state index in [9.17, 15) is 4.79 Å². The third kappa shape index (κ3) is 4.94. The van der Waals surface area contributed by atoms with E-state index in [2.05, 4.69) is 38.4 Å². The Morgan fingerprint density at radius 2 is 1.83 bits per heavy atom. The molecule has 0 bridgehead atoms. The average Bonchev–Trinajstić information content (AvgIpc) is 2.35. The molecule has 0 amide bonds. The number of benzene rings is 1. The fourth-order valence-electron chi connectivity index (χ4n) is 1.53. The number of hydrogen-bond acceptors (Lipinski definition) is 2. The SMILES string of the molecule is C=CCCCCCOc1c(Br)cc(C=O)cc1Br. The Labute approximate surface area is 125 Å². The van der Waals surface area contributed by atoms with Crippen molar-refractivity contribution in [3.8, 4) is 5.75 Å². The first-order chi connectivity index (χ1) is 8.69. The van der Waals surface area contributed by atoms with Crippen molar-refractivity contribution in [3.05, 3.63) is 39.3 Å². The molecule has 2 nitrogen and oxygen atoms in total. The summed E-state index contributed by atoms with van der Waals surface area (Å²) in [6, 6.07) is 3.51. The Morgan fingerprint density at radius 1 is 1.17 bits per heavy atom. The van der Waals surface area contributed by atoms with Crippen LogP contribution in [0, 0.1) is 0 Å². The fourth-order valence-corrected chi connectivity index (χ4v) is 2.98. The highest BCUT2D eigenvalue weighted by Gasteiger charge is 2.08. The van der Waals surface area contributed by atoms with Crippen LogP contribution in [0.25, 0.3) is 0 Å². The lowest BCUT2D eigenvalue weighted by atomic mass is 10.2. The summed E-state index contributed by atoms with van der Waals surface area (Å²) in [4.78, 5) is 10.7. The van der Waals surface area contributed by atoms with E-state index in [1.807, 2.05) is 6.08 Å². The highest BCUT2D eigenvalue weighted by molar-refractivity contribution is 9.11. The Bertz CT molecular complexity index is 393. The molecule has 0 unspecified atom stereocenters. The van der Waals surface area contributed by atoms with Crippen molar-refractivity contribution in [1.29, 1.82) is 0 Å². The first kappa shape index (κ1) is 15.4. The second-order valence-corrected chi connectivity index (χ2v) is 5.63. The molecule has 0 aliphatic rings. The van der Waals surface area contributed by atoms with E-state index in [-0.39, 0.29) is 0 Å². The molecule has 0 aliphatic carbocycles.